The Labute approximate surface area is 173 Å². The summed E-state index contributed by atoms with van der Waals surface area (Å²) in [6, 6.07) is 11.8. The van der Waals surface area contributed by atoms with Crippen LogP contribution in [0.4, 0.5) is 5.69 Å². The van der Waals surface area contributed by atoms with Crippen molar-refractivity contribution in [2.24, 2.45) is 0 Å². The van der Waals surface area contributed by atoms with Crippen LogP contribution in [0.2, 0.25) is 0 Å². The maximum Gasteiger partial charge on any atom is 0.121 e. The topological polar surface area (TPSA) is 68.8 Å². The van der Waals surface area contributed by atoms with Crippen molar-refractivity contribution in [3.63, 3.8) is 0 Å². The fourth-order valence-corrected chi connectivity index (χ4v) is 3.46. The molecule has 0 radical (unpaired) electrons. The van der Waals surface area contributed by atoms with Crippen LogP contribution >= 0.6 is 0 Å². The normalized spacial score (nSPS) is 12.4. The quantitative estimate of drug-likeness (QED) is 0.528. The van der Waals surface area contributed by atoms with Gasteiger partial charge in [0, 0.05) is 23.9 Å². The Hall–Kier alpha value is -2.28. The van der Waals surface area contributed by atoms with Gasteiger partial charge in [-0.1, -0.05) is 19.9 Å². The summed E-state index contributed by atoms with van der Waals surface area (Å²) in [5, 5.41) is 20.3. The maximum absolute atomic E-state index is 12.7. The van der Waals surface area contributed by atoms with Gasteiger partial charge in [-0.25, -0.2) is 0 Å². The second-order valence-electron chi connectivity index (χ2n) is 7.15. The molecule has 1 aliphatic rings. The number of nitrogens with one attached hydrogen (secondary N) is 2. The van der Waals surface area contributed by atoms with E-state index in [4.69, 9.17) is 9.47 Å². The van der Waals surface area contributed by atoms with Crippen molar-refractivity contribution in [2.75, 3.05) is 44.5 Å². The van der Waals surface area contributed by atoms with E-state index in [0.29, 0.717) is 25.4 Å². The third-order valence-corrected chi connectivity index (χ3v) is 4.95. The molecule has 2 aromatic carbocycles. The van der Waals surface area contributed by atoms with Crippen LogP contribution in [0.15, 0.2) is 36.4 Å². The predicted octanol–water partition coefficient (Wildman–Crippen LogP) is 3.93. The number of nitrogens with zero attached hydrogens (tertiary/aromatic N) is 1. The van der Waals surface area contributed by atoms with Crippen molar-refractivity contribution >= 4 is 5.69 Å². The summed E-state index contributed by atoms with van der Waals surface area (Å²) in [6.45, 7) is 9.62. The summed E-state index contributed by atoms with van der Waals surface area (Å²) in [4.78, 5) is 0. The van der Waals surface area contributed by atoms with E-state index in [9.17, 15) is 5.21 Å². The van der Waals surface area contributed by atoms with Crippen LogP contribution < -0.4 is 25.2 Å². The van der Waals surface area contributed by atoms with Gasteiger partial charge in [0.1, 0.15) is 11.5 Å². The largest absolute Gasteiger partial charge is 0.758 e. The lowest BCUT2D eigenvalue weighted by Gasteiger charge is -2.38. The molecule has 0 saturated heterocycles. The van der Waals surface area contributed by atoms with Gasteiger partial charge in [-0.15, -0.1) is 0 Å². The number of hydrogen-bond acceptors (Lipinski definition) is 6. The molecule has 2 N–H and O–H groups in total. The molecule has 0 amide bonds. The minimum atomic E-state index is 0.320. The Bertz CT molecular complexity index is 782. The summed E-state index contributed by atoms with van der Waals surface area (Å²) in [7, 11) is 0. The van der Waals surface area contributed by atoms with Crippen LogP contribution in [-0.2, 0) is 6.54 Å². The fraction of sp³-hybridized carbons (Fsp3) is 0.478. The molecule has 0 fully saturated rings. The van der Waals surface area contributed by atoms with Crippen LogP contribution in [0.1, 0.15) is 32.3 Å². The maximum atomic E-state index is 12.7. The molecule has 29 heavy (non-hydrogen) atoms. The molecule has 158 valence electrons. The average molecular weight is 399 g/mol. The number of ether oxygens (including phenoxy) is 2. The summed E-state index contributed by atoms with van der Waals surface area (Å²) >= 11 is 0. The van der Waals surface area contributed by atoms with E-state index in [1.54, 1.807) is 0 Å². The Kier molecular flexibility index (Phi) is 8.16. The minimum absolute atomic E-state index is 0.320. The SMILES string of the molecule is CCNCCCOc1ccc2c(c1)CN([O-])c1cc(OCCCNCC)ccc1-2. The monoisotopic (exact) mass is 398 g/mol. The Morgan fingerprint density at radius 1 is 0.862 bits per heavy atom. The van der Waals surface area contributed by atoms with Gasteiger partial charge in [-0.2, -0.15) is 0 Å². The Balaban J connectivity index is 1.64. The Morgan fingerprint density at radius 2 is 1.45 bits per heavy atom. The first kappa shape index (κ1) is 21.4. The highest BCUT2D eigenvalue weighted by Crippen LogP contribution is 2.41. The highest BCUT2D eigenvalue weighted by atomic mass is 16.5. The van der Waals surface area contributed by atoms with Gasteiger partial charge in [-0.3, -0.25) is 0 Å². The molecule has 1 heterocycles. The smallest absolute Gasteiger partial charge is 0.121 e. The lowest BCUT2D eigenvalue weighted by Crippen LogP contribution is -2.20. The van der Waals surface area contributed by atoms with Crippen molar-refractivity contribution in [1.29, 1.82) is 0 Å². The van der Waals surface area contributed by atoms with Gasteiger partial charge in [-0.05, 0) is 74.4 Å². The third-order valence-electron chi connectivity index (χ3n) is 4.95. The first-order valence-electron chi connectivity index (χ1n) is 10.6. The second kappa shape index (κ2) is 11.0. The molecule has 0 bridgehead atoms. The zero-order chi connectivity index (χ0) is 20.5. The lowest BCUT2D eigenvalue weighted by atomic mass is 9.94. The van der Waals surface area contributed by atoms with Gasteiger partial charge in [0.25, 0.3) is 0 Å². The number of hydrogen-bond donors (Lipinski definition) is 2. The number of fused-ring (bicyclic) bond motifs is 3. The molecule has 1 aliphatic heterocycles. The van der Waals surface area contributed by atoms with Crippen molar-refractivity contribution in [2.45, 2.75) is 33.2 Å². The van der Waals surface area contributed by atoms with Crippen molar-refractivity contribution in [3.05, 3.63) is 47.2 Å². The number of rotatable bonds is 12. The predicted molar refractivity (Wildman–Crippen MR) is 119 cm³/mol. The van der Waals surface area contributed by atoms with Crippen molar-refractivity contribution in [3.8, 4) is 22.6 Å². The summed E-state index contributed by atoms with van der Waals surface area (Å²) in [5.41, 5.74) is 3.70. The third kappa shape index (κ3) is 5.85. The molecule has 6 heteroatoms. The molecule has 0 atom stereocenters. The lowest BCUT2D eigenvalue weighted by molar-refractivity contribution is 0.308. The van der Waals surface area contributed by atoms with Gasteiger partial charge < -0.3 is 30.4 Å². The highest BCUT2D eigenvalue weighted by Gasteiger charge is 2.18. The van der Waals surface area contributed by atoms with Gasteiger partial charge >= 0.3 is 0 Å². The van der Waals surface area contributed by atoms with E-state index in [1.807, 2.05) is 30.3 Å². The van der Waals surface area contributed by atoms with Gasteiger partial charge in [0.05, 0.1) is 13.2 Å². The molecular formula is C23H32N3O3-. The van der Waals surface area contributed by atoms with E-state index in [1.165, 1.54) is 0 Å². The fourth-order valence-electron chi connectivity index (χ4n) is 3.46. The zero-order valence-corrected chi connectivity index (χ0v) is 17.5. The molecule has 0 unspecified atom stereocenters. The zero-order valence-electron chi connectivity index (χ0n) is 17.5. The summed E-state index contributed by atoms with van der Waals surface area (Å²) in [6.07, 6.45) is 1.89. The second-order valence-corrected chi connectivity index (χ2v) is 7.15. The molecule has 0 aromatic heterocycles. The first-order valence-corrected chi connectivity index (χ1v) is 10.6. The van der Waals surface area contributed by atoms with Gasteiger partial charge in [0.2, 0.25) is 0 Å². The molecule has 0 aliphatic carbocycles. The molecular weight excluding hydrogens is 366 g/mol. The van der Waals surface area contributed by atoms with Crippen LogP contribution in [0.3, 0.4) is 0 Å². The van der Waals surface area contributed by atoms with Crippen molar-refractivity contribution in [1.82, 2.24) is 10.6 Å². The van der Waals surface area contributed by atoms with Crippen molar-refractivity contribution < 1.29 is 9.47 Å². The van der Waals surface area contributed by atoms with Crippen LogP contribution in [0, 0.1) is 5.21 Å². The number of benzene rings is 2. The first-order chi connectivity index (χ1) is 14.2. The summed E-state index contributed by atoms with van der Waals surface area (Å²) in [5.74, 6) is 1.56. The van der Waals surface area contributed by atoms with Crippen LogP contribution in [0.5, 0.6) is 11.5 Å². The summed E-state index contributed by atoms with van der Waals surface area (Å²) < 4.78 is 11.7. The van der Waals surface area contributed by atoms with Gasteiger partial charge in [0.15, 0.2) is 0 Å². The average Bonchev–Trinajstić information content (AvgIpc) is 2.73. The molecule has 0 saturated carbocycles. The van der Waals surface area contributed by atoms with Crippen LogP contribution in [0.25, 0.3) is 11.1 Å². The van der Waals surface area contributed by atoms with E-state index in [-0.39, 0.29) is 0 Å². The van der Waals surface area contributed by atoms with E-state index >= 15 is 0 Å². The Morgan fingerprint density at radius 3 is 2.07 bits per heavy atom. The standard InChI is InChI=1S/C23H32N3O3/c1-3-24-11-5-13-28-19-7-9-21-18(15-19)17-26(27)23-16-20(8-10-22(21)23)29-14-6-12-25-4-2/h7-10,15-16,24-25H,3-6,11-14,17H2,1-2H3/q-1. The van der Waals surface area contributed by atoms with E-state index in [0.717, 1.165) is 72.3 Å². The van der Waals surface area contributed by atoms with E-state index in [2.05, 4.69) is 30.5 Å². The minimum Gasteiger partial charge on any atom is -0.758 e. The van der Waals surface area contributed by atoms with Crippen LogP contribution in [-0.4, -0.2) is 39.4 Å². The highest BCUT2D eigenvalue weighted by molar-refractivity contribution is 5.85. The molecule has 0 spiro atoms. The molecule has 6 nitrogen and oxygen atoms in total. The molecule has 2 aromatic rings. The molecule has 3 rings (SSSR count). The number of hydroxylamine groups is 1. The number of anilines is 1. The van der Waals surface area contributed by atoms with E-state index < -0.39 is 0 Å².